The van der Waals surface area contributed by atoms with Crippen molar-refractivity contribution in [2.75, 3.05) is 21.3 Å². The van der Waals surface area contributed by atoms with Gasteiger partial charge in [-0.05, 0) is 0 Å². The fourth-order valence-electron chi connectivity index (χ4n) is 0.289. The van der Waals surface area contributed by atoms with Crippen molar-refractivity contribution in [3.05, 3.63) is 0 Å². The summed E-state index contributed by atoms with van der Waals surface area (Å²) in [6.07, 6.45) is 0. The van der Waals surface area contributed by atoms with E-state index in [2.05, 4.69) is 0 Å². The van der Waals surface area contributed by atoms with E-state index in [1.165, 1.54) is 0 Å². The standard InChI is InChI=1S/C3H10O3Si.2O.Zr/c1-4-7(5-2)6-3;;;/h7H,1-3H3;;;/q;2*-2;+4. The van der Waals surface area contributed by atoms with E-state index in [0.29, 0.717) is 0 Å². The van der Waals surface area contributed by atoms with E-state index in [4.69, 9.17) is 13.3 Å². The summed E-state index contributed by atoms with van der Waals surface area (Å²) in [5, 5.41) is 0. The largest absolute Gasteiger partial charge is 4.00 e. The maximum atomic E-state index is 4.74. The molecule has 0 aromatic carbocycles. The van der Waals surface area contributed by atoms with Crippen LogP contribution in [-0.2, 0) is 50.4 Å². The van der Waals surface area contributed by atoms with Crippen LogP contribution in [0.1, 0.15) is 0 Å². The van der Waals surface area contributed by atoms with Crippen LogP contribution in [0.4, 0.5) is 0 Å². The molecule has 0 rings (SSSR count). The second-order valence-electron chi connectivity index (χ2n) is 0.996. The minimum absolute atomic E-state index is 0. The van der Waals surface area contributed by atoms with Gasteiger partial charge in [0.2, 0.25) is 0 Å². The molecule has 5 nitrogen and oxygen atoms in total. The molecule has 0 aliphatic rings. The van der Waals surface area contributed by atoms with Gasteiger partial charge in [-0.3, -0.25) is 0 Å². The summed E-state index contributed by atoms with van der Waals surface area (Å²) < 4.78 is 14.2. The average Bonchev–Trinajstić information content (AvgIpc) is 1.72. The monoisotopic (exact) mass is 244 g/mol. The summed E-state index contributed by atoms with van der Waals surface area (Å²) in [6, 6.07) is 0. The smallest absolute Gasteiger partial charge is 2.00 e. The molecule has 0 unspecified atom stereocenters. The minimum atomic E-state index is -1.67. The van der Waals surface area contributed by atoms with Gasteiger partial charge in [0.05, 0.1) is 0 Å². The Labute approximate surface area is 81.4 Å². The first kappa shape index (κ1) is 22.4. The van der Waals surface area contributed by atoms with E-state index in [0.717, 1.165) is 0 Å². The fraction of sp³-hybridized carbons (Fsp3) is 1.00. The van der Waals surface area contributed by atoms with E-state index < -0.39 is 9.53 Å². The zero-order valence-corrected chi connectivity index (χ0v) is 9.73. The van der Waals surface area contributed by atoms with Crippen LogP contribution < -0.4 is 0 Å². The van der Waals surface area contributed by atoms with Gasteiger partial charge in [-0.25, -0.2) is 0 Å². The van der Waals surface area contributed by atoms with Crippen molar-refractivity contribution in [2.24, 2.45) is 0 Å². The second-order valence-corrected chi connectivity index (χ2v) is 2.99. The summed E-state index contributed by atoms with van der Waals surface area (Å²) in [6.45, 7) is 0. The Kier molecular flexibility index (Phi) is 37.0. The van der Waals surface area contributed by atoms with Crippen LogP contribution in [-0.4, -0.2) is 30.9 Å². The number of hydrogen-bond donors (Lipinski definition) is 0. The van der Waals surface area contributed by atoms with Crippen LogP contribution in [0.25, 0.3) is 0 Å². The van der Waals surface area contributed by atoms with Crippen molar-refractivity contribution < 1.29 is 50.4 Å². The molecule has 10 heavy (non-hydrogen) atoms. The van der Waals surface area contributed by atoms with Crippen LogP contribution in [0.3, 0.4) is 0 Å². The Hall–Kier alpha value is 0.900. The van der Waals surface area contributed by atoms with Crippen molar-refractivity contribution in [2.45, 2.75) is 0 Å². The fourth-order valence-corrected chi connectivity index (χ4v) is 0.866. The van der Waals surface area contributed by atoms with Crippen molar-refractivity contribution in [1.82, 2.24) is 0 Å². The molecule has 0 aromatic rings. The first-order chi connectivity index (χ1) is 3.35. The third-order valence-corrected chi connectivity index (χ3v) is 1.73. The van der Waals surface area contributed by atoms with Crippen LogP contribution in [0.2, 0.25) is 0 Å². The van der Waals surface area contributed by atoms with Crippen molar-refractivity contribution >= 4 is 9.53 Å². The Morgan fingerprint density at radius 1 is 0.800 bits per heavy atom. The molecule has 0 amide bonds. The number of hydrogen-bond acceptors (Lipinski definition) is 3. The molecular weight excluding hydrogens is 235 g/mol. The van der Waals surface area contributed by atoms with Gasteiger partial charge in [0.15, 0.2) is 0 Å². The molecule has 0 N–H and O–H groups in total. The second kappa shape index (κ2) is 16.5. The molecule has 0 radical (unpaired) electrons. The first-order valence-electron chi connectivity index (χ1n) is 1.93. The van der Waals surface area contributed by atoms with Gasteiger partial charge in [0.1, 0.15) is 0 Å². The molecule has 0 aliphatic carbocycles. The molecule has 60 valence electrons. The Bertz CT molecular complexity index is 38.4. The van der Waals surface area contributed by atoms with Gasteiger partial charge in [-0.15, -0.1) is 0 Å². The van der Waals surface area contributed by atoms with E-state index in [1.54, 1.807) is 21.3 Å². The van der Waals surface area contributed by atoms with Gasteiger partial charge in [-0.2, -0.15) is 0 Å². The van der Waals surface area contributed by atoms with Gasteiger partial charge in [-0.1, -0.05) is 0 Å². The minimum Gasteiger partial charge on any atom is -2.00 e. The third kappa shape index (κ3) is 11.7. The predicted octanol–water partition coefficient (Wildman–Crippen LogP) is -0.597. The summed E-state index contributed by atoms with van der Waals surface area (Å²) >= 11 is 0. The quantitative estimate of drug-likeness (QED) is 0.622. The zero-order valence-electron chi connectivity index (χ0n) is 6.12. The third-order valence-electron chi connectivity index (χ3n) is 0.577. The maximum absolute atomic E-state index is 4.74. The van der Waals surface area contributed by atoms with E-state index in [-0.39, 0.29) is 37.2 Å². The normalized spacial score (nSPS) is 7.20. The Balaban J connectivity index is -0.0000000600. The summed E-state index contributed by atoms with van der Waals surface area (Å²) in [5.41, 5.74) is 0. The van der Waals surface area contributed by atoms with Gasteiger partial charge in [0, 0.05) is 21.3 Å². The van der Waals surface area contributed by atoms with Gasteiger partial charge in [0.25, 0.3) is 0 Å². The van der Waals surface area contributed by atoms with Gasteiger partial charge >= 0.3 is 35.7 Å². The molecule has 0 saturated heterocycles. The molecule has 0 fully saturated rings. The molecule has 7 heteroatoms. The predicted molar refractivity (Wildman–Crippen MR) is 29.5 cm³/mol. The summed E-state index contributed by atoms with van der Waals surface area (Å²) in [7, 11) is 3.05. The summed E-state index contributed by atoms with van der Waals surface area (Å²) in [5.74, 6) is 0. The molecule has 0 atom stereocenters. The zero-order chi connectivity index (χ0) is 5.70. The molecule has 0 aliphatic heterocycles. The molecular formula is C3H10O5SiZr. The van der Waals surface area contributed by atoms with Crippen LogP contribution >= 0.6 is 0 Å². The maximum Gasteiger partial charge on any atom is 4.00 e. The molecule has 0 aromatic heterocycles. The molecule has 0 spiro atoms. The molecule has 0 bridgehead atoms. The van der Waals surface area contributed by atoms with E-state index >= 15 is 0 Å². The Morgan fingerprint density at radius 3 is 1.00 bits per heavy atom. The van der Waals surface area contributed by atoms with Gasteiger partial charge < -0.3 is 24.2 Å². The average molecular weight is 245 g/mol. The Morgan fingerprint density at radius 2 is 1.00 bits per heavy atom. The topological polar surface area (TPSA) is 84.7 Å². The van der Waals surface area contributed by atoms with Crippen molar-refractivity contribution in [3.63, 3.8) is 0 Å². The van der Waals surface area contributed by atoms with Crippen LogP contribution in [0, 0.1) is 0 Å². The number of rotatable bonds is 3. The van der Waals surface area contributed by atoms with E-state index in [9.17, 15) is 0 Å². The van der Waals surface area contributed by atoms with Crippen LogP contribution in [0.5, 0.6) is 0 Å². The summed E-state index contributed by atoms with van der Waals surface area (Å²) in [4.78, 5) is 0. The molecule has 0 heterocycles. The van der Waals surface area contributed by atoms with Crippen molar-refractivity contribution in [1.29, 1.82) is 0 Å². The molecule has 0 saturated carbocycles. The van der Waals surface area contributed by atoms with E-state index in [1.807, 2.05) is 0 Å². The SMILES string of the molecule is CO[SiH](OC)OC.[O-2].[O-2].[Zr+4]. The van der Waals surface area contributed by atoms with Crippen LogP contribution in [0.15, 0.2) is 0 Å². The first-order valence-corrected chi connectivity index (χ1v) is 3.35. The van der Waals surface area contributed by atoms with Crippen molar-refractivity contribution in [3.8, 4) is 0 Å².